The van der Waals surface area contributed by atoms with Gasteiger partial charge in [-0.1, -0.05) is 6.92 Å². The molecule has 0 radical (unpaired) electrons. The highest BCUT2D eigenvalue weighted by atomic mass is 16.2. The van der Waals surface area contributed by atoms with Gasteiger partial charge in [0, 0.05) is 19.0 Å². The van der Waals surface area contributed by atoms with Gasteiger partial charge in [-0.15, -0.1) is 0 Å². The molecular weight excluding hydrogens is 200 g/mol. The van der Waals surface area contributed by atoms with Gasteiger partial charge in [0.15, 0.2) is 0 Å². The Balaban J connectivity index is 1.73. The molecule has 2 aliphatic heterocycles. The van der Waals surface area contributed by atoms with Gasteiger partial charge in [0.1, 0.15) is 0 Å². The highest BCUT2D eigenvalue weighted by Crippen LogP contribution is 2.20. The molecule has 92 valence electrons. The minimum atomic E-state index is 0.262. The number of carbonyl (C=O) groups excluding carboxylic acids is 1. The highest BCUT2D eigenvalue weighted by molar-refractivity contribution is 5.79. The molecule has 2 unspecified atom stereocenters. The van der Waals surface area contributed by atoms with Gasteiger partial charge in [0.05, 0.1) is 0 Å². The van der Waals surface area contributed by atoms with Gasteiger partial charge in [-0.25, -0.2) is 0 Å². The molecule has 0 spiro atoms. The lowest BCUT2D eigenvalue weighted by atomic mass is 9.94. The summed E-state index contributed by atoms with van der Waals surface area (Å²) in [6, 6.07) is 0. The SMILES string of the molecule is CC1CCCN(CCC2CCCNC2)C1=O. The third-order valence-electron chi connectivity index (χ3n) is 4.00. The van der Waals surface area contributed by atoms with E-state index in [-0.39, 0.29) is 5.92 Å². The zero-order valence-electron chi connectivity index (χ0n) is 10.4. The van der Waals surface area contributed by atoms with Crippen LogP contribution in [0.5, 0.6) is 0 Å². The van der Waals surface area contributed by atoms with Crippen molar-refractivity contribution in [2.24, 2.45) is 11.8 Å². The molecule has 3 heteroatoms. The molecule has 16 heavy (non-hydrogen) atoms. The maximum Gasteiger partial charge on any atom is 0.225 e. The van der Waals surface area contributed by atoms with E-state index in [4.69, 9.17) is 0 Å². The molecule has 2 aliphatic rings. The minimum absolute atomic E-state index is 0.262. The molecular formula is C13H24N2O. The number of nitrogens with zero attached hydrogens (tertiary/aromatic N) is 1. The smallest absolute Gasteiger partial charge is 0.225 e. The van der Waals surface area contributed by atoms with Crippen LogP contribution < -0.4 is 5.32 Å². The quantitative estimate of drug-likeness (QED) is 0.790. The fourth-order valence-corrected chi connectivity index (χ4v) is 2.86. The standard InChI is InChI=1S/C13H24N2O/c1-11-4-3-8-15(13(11)16)9-6-12-5-2-7-14-10-12/h11-12,14H,2-10H2,1H3. The molecule has 3 nitrogen and oxygen atoms in total. The molecule has 0 aromatic rings. The molecule has 2 fully saturated rings. The Morgan fingerprint density at radius 1 is 1.38 bits per heavy atom. The summed E-state index contributed by atoms with van der Waals surface area (Å²) in [6.07, 6.45) is 6.10. The van der Waals surface area contributed by atoms with Crippen molar-refractivity contribution in [3.05, 3.63) is 0 Å². The van der Waals surface area contributed by atoms with Crippen LogP contribution in [-0.4, -0.2) is 37.0 Å². The van der Waals surface area contributed by atoms with Gasteiger partial charge in [0.2, 0.25) is 5.91 Å². The van der Waals surface area contributed by atoms with E-state index in [1.165, 1.54) is 32.2 Å². The fraction of sp³-hybridized carbons (Fsp3) is 0.923. The average molecular weight is 224 g/mol. The zero-order valence-corrected chi connectivity index (χ0v) is 10.4. The zero-order chi connectivity index (χ0) is 11.4. The third-order valence-corrected chi connectivity index (χ3v) is 4.00. The van der Waals surface area contributed by atoms with Gasteiger partial charge in [-0.05, 0) is 51.1 Å². The molecule has 2 atom stereocenters. The molecule has 1 N–H and O–H groups in total. The van der Waals surface area contributed by atoms with E-state index in [0.717, 1.165) is 32.0 Å². The molecule has 0 aromatic carbocycles. The van der Waals surface area contributed by atoms with Gasteiger partial charge in [-0.3, -0.25) is 4.79 Å². The number of carbonyl (C=O) groups is 1. The summed E-state index contributed by atoms with van der Waals surface area (Å²) in [5.74, 6) is 1.44. The average Bonchev–Trinajstić information content (AvgIpc) is 2.32. The summed E-state index contributed by atoms with van der Waals surface area (Å²) in [5, 5.41) is 3.44. The molecule has 1 amide bonds. The summed E-state index contributed by atoms with van der Waals surface area (Å²) in [5.41, 5.74) is 0. The lowest BCUT2D eigenvalue weighted by molar-refractivity contribution is -0.137. The predicted octanol–water partition coefficient (Wildman–Crippen LogP) is 1.63. The number of hydrogen-bond acceptors (Lipinski definition) is 2. The second-order valence-electron chi connectivity index (χ2n) is 5.37. The second-order valence-corrected chi connectivity index (χ2v) is 5.37. The van der Waals surface area contributed by atoms with Crippen molar-refractivity contribution in [2.45, 2.75) is 39.0 Å². The summed E-state index contributed by atoms with van der Waals surface area (Å²) >= 11 is 0. The number of amides is 1. The Morgan fingerprint density at radius 2 is 2.25 bits per heavy atom. The fourth-order valence-electron chi connectivity index (χ4n) is 2.86. The number of nitrogens with one attached hydrogen (secondary N) is 1. The van der Waals surface area contributed by atoms with Gasteiger partial charge in [0.25, 0.3) is 0 Å². The molecule has 2 rings (SSSR count). The maximum absolute atomic E-state index is 11.9. The lowest BCUT2D eigenvalue weighted by Crippen LogP contribution is -2.42. The van der Waals surface area contributed by atoms with Crippen LogP contribution in [0, 0.1) is 11.8 Å². The van der Waals surface area contributed by atoms with Crippen LogP contribution in [0.1, 0.15) is 39.0 Å². The van der Waals surface area contributed by atoms with E-state index in [1.807, 2.05) is 0 Å². The van der Waals surface area contributed by atoms with E-state index in [0.29, 0.717) is 5.91 Å². The number of hydrogen-bond donors (Lipinski definition) is 1. The third kappa shape index (κ3) is 2.97. The monoisotopic (exact) mass is 224 g/mol. The first-order valence-corrected chi connectivity index (χ1v) is 6.77. The van der Waals surface area contributed by atoms with Crippen molar-refractivity contribution in [3.8, 4) is 0 Å². The van der Waals surface area contributed by atoms with Gasteiger partial charge >= 0.3 is 0 Å². The van der Waals surface area contributed by atoms with Crippen molar-refractivity contribution in [3.63, 3.8) is 0 Å². The van der Waals surface area contributed by atoms with Crippen molar-refractivity contribution in [1.82, 2.24) is 10.2 Å². The van der Waals surface area contributed by atoms with E-state index >= 15 is 0 Å². The van der Waals surface area contributed by atoms with E-state index < -0.39 is 0 Å². The molecule has 0 aromatic heterocycles. The summed E-state index contributed by atoms with van der Waals surface area (Å²) in [4.78, 5) is 14.0. The van der Waals surface area contributed by atoms with Crippen molar-refractivity contribution in [1.29, 1.82) is 0 Å². The first-order chi connectivity index (χ1) is 7.77. The normalized spacial score (nSPS) is 31.8. The first-order valence-electron chi connectivity index (χ1n) is 6.77. The van der Waals surface area contributed by atoms with Crippen LogP contribution in [-0.2, 0) is 4.79 Å². The van der Waals surface area contributed by atoms with Gasteiger partial charge in [-0.2, -0.15) is 0 Å². The Labute approximate surface area is 98.6 Å². The lowest BCUT2D eigenvalue weighted by Gasteiger charge is -2.32. The van der Waals surface area contributed by atoms with Crippen molar-refractivity contribution >= 4 is 5.91 Å². The van der Waals surface area contributed by atoms with Gasteiger partial charge < -0.3 is 10.2 Å². The summed E-state index contributed by atoms with van der Waals surface area (Å²) in [6.45, 7) is 6.36. The van der Waals surface area contributed by atoms with Crippen LogP contribution in [0.15, 0.2) is 0 Å². The molecule has 2 saturated heterocycles. The van der Waals surface area contributed by atoms with Crippen LogP contribution in [0.25, 0.3) is 0 Å². The Bertz CT molecular complexity index is 236. The topological polar surface area (TPSA) is 32.3 Å². The van der Waals surface area contributed by atoms with E-state index in [2.05, 4.69) is 17.1 Å². The summed E-state index contributed by atoms with van der Waals surface area (Å²) in [7, 11) is 0. The Morgan fingerprint density at radius 3 is 3.00 bits per heavy atom. The van der Waals surface area contributed by atoms with Crippen LogP contribution in [0.3, 0.4) is 0 Å². The molecule has 0 bridgehead atoms. The number of piperidine rings is 2. The predicted molar refractivity (Wildman–Crippen MR) is 65.2 cm³/mol. The Hall–Kier alpha value is -0.570. The van der Waals surface area contributed by atoms with Crippen molar-refractivity contribution < 1.29 is 4.79 Å². The molecule has 2 heterocycles. The summed E-state index contributed by atoms with van der Waals surface area (Å²) < 4.78 is 0. The minimum Gasteiger partial charge on any atom is -0.342 e. The van der Waals surface area contributed by atoms with E-state index in [1.54, 1.807) is 0 Å². The highest BCUT2D eigenvalue weighted by Gasteiger charge is 2.25. The number of rotatable bonds is 3. The number of likely N-dealkylation sites (tertiary alicyclic amines) is 1. The van der Waals surface area contributed by atoms with Crippen LogP contribution in [0.4, 0.5) is 0 Å². The molecule has 0 aliphatic carbocycles. The van der Waals surface area contributed by atoms with E-state index in [9.17, 15) is 4.79 Å². The Kier molecular flexibility index (Phi) is 4.22. The largest absolute Gasteiger partial charge is 0.342 e. The second kappa shape index (κ2) is 5.67. The first kappa shape index (κ1) is 11.9. The maximum atomic E-state index is 11.9. The van der Waals surface area contributed by atoms with Crippen molar-refractivity contribution in [2.75, 3.05) is 26.2 Å². The van der Waals surface area contributed by atoms with Crippen LogP contribution in [0.2, 0.25) is 0 Å². The molecule has 0 saturated carbocycles. The van der Waals surface area contributed by atoms with Crippen LogP contribution >= 0.6 is 0 Å².